The molecule has 0 bridgehead atoms. The number of nitrogens with one attached hydrogen (secondary N) is 2. The van der Waals surface area contributed by atoms with Crippen LogP contribution in [0.25, 0.3) is 0 Å². The van der Waals surface area contributed by atoms with Gasteiger partial charge in [-0.2, -0.15) is 0 Å². The third-order valence-corrected chi connectivity index (χ3v) is 8.14. The molecule has 0 amide bonds. The maximum atomic E-state index is 14.0. The maximum absolute atomic E-state index is 14.0. The minimum absolute atomic E-state index is 0.0265. The quantitative estimate of drug-likeness (QED) is 0.166. The van der Waals surface area contributed by atoms with E-state index in [0.29, 0.717) is 11.4 Å². The van der Waals surface area contributed by atoms with Crippen LogP contribution in [0.2, 0.25) is 0 Å². The van der Waals surface area contributed by atoms with E-state index >= 15 is 0 Å². The first-order chi connectivity index (χ1) is 22.0. The van der Waals surface area contributed by atoms with Crippen LogP contribution in [0.3, 0.4) is 0 Å². The second-order valence-electron chi connectivity index (χ2n) is 11.2. The Hall–Kier alpha value is -5.94. The highest BCUT2D eigenvalue weighted by molar-refractivity contribution is 6.33. The first kappa shape index (κ1) is 27.9. The van der Waals surface area contributed by atoms with E-state index in [4.69, 9.17) is 0 Å². The van der Waals surface area contributed by atoms with Crippen molar-refractivity contribution in [2.24, 2.45) is 0 Å². The number of aromatic hydroxyl groups is 1. The van der Waals surface area contributed by atoms with Crippen molar-refractivity contribution in [2.75, 3.05) is 10.6 Å². The molecule has 5 nitrogen and oxygen atoms in total. The lowest BCUT2D eigenvalue weighted by atomic mass is 9.81. The Morgan fingerprint density at radius 3 is 1.36 bits per heavy atom. The molecule has 5 heteroatoms. The number of phenols is 1. The van der Waals surface area contributed by atoms with Gasteiger partial charge in [-0.25, -0.2) is 0 Å². The van der Waals surface area contributed by atoms with Gasteiger partial charge in [0, 0.05) is 16.9 Å². The smallest absolute Gasteiger partial charge is 0.200 e. The number of rotatable bonds is 8. The molecule has 0 aromatic heterocycles. The van der Waals surface area contributed by atoms with Crippen LogP contribution in [0.4, 0.5) is 22.7 Å². The van der Waals surface area contributed by atoms with E-state index in [9.17, 15) is 14.7 Å². The molecule has 218 valence electrons. The van der Waals surface area contributed by atoms with Crippen LogP contribution < -0.4 is 10.6 Å². The van der Waals surface area contributed by atoms with E-state index in [1.807, 2.05) is 78.9 Å². The molecule has 6 aromatic rings. The summed E-state index contributed by atoms with van der Waals surface area (Å²) in [6.45, 7) is 0. The Labute approximate surface area is 261 Å². The van der Waals surface area contributed by atoms with Gasteiger partial charge in [0.2, 0.25) is 0 Å². The first-order valence-corrected chi connectivity index (χ1v) is 14.9. The minimum atomic E-state index is -0.400. The zero-order chi connectivity index (χ0) is 30.8. The summed E-state index contributed by atoms with van der Waals surface area (Å²) in [6, 6.07) is 44.9. The summed E-state index contributed by atoms with van der Waals surface area (Å²) in [7, 11) is 0. The van der Waals surface area contributed by atoms with Crippen LogP contribution in [0.5, 0.6) is 5.75 Å². The number of carbonyl (C=O) groups excluding carboxylic acids is 2. The largest absolute Gasteiger partial charge is 0.507 e. The van der Waals surface area contributed by atoms with Crippen molar-refractivity contribution in [1.82, 2.24) is 0 Å². The molecule has 45 heavy (non-hydrogen) atoms. The van der Waals surface area contributed by atoms with Crippen molar-refractivity contribution in [3.8, 4) is 5.75 Å². The van der Waals surface area contributed by atoms with E-state index in [1.54, 1.807) is 18.2 Å². The number of benzene rings is 6. The molecule has 0 heterocycles. The molecule has 0 spiro atoms. The van der Waals surface area contributed by atoms with Crippen molar-refractivity contribution < 1.29 is 14.7 Å². The highest BCUT2D eigenvalue weighted by Crippen LogP contribution is 2.41. The fourth-order valence-corrected chi connectivity index (χ4v) is 5.90. The van der Waals surface area contributed by atoms with Gasteiger partial charge in [0.05, 0.1) is 28.1 Å². The average molecular weight is 587 g/mol. The fraction of sp³-hybridized carbons (Fsp3) is 0.0500. The minimum Gasteiger partial charge on any atom is -0.507 e. The van der Waals surface area contributed by atoms with Gasteiger partial charge in [-0.15, -0.1) is 0 Å². The van der Waals surface area contributed by atoms with Crippen LogP contribution in [0.15, 0.2) is 140 Å². The summed E-state index contributed by atoms with van der Waals surface area (Å²) >= 11 is 0. The van der Waals surface area contributed by atoms with Gasteiger partial charge >= 0.3 is 0 Å². The maximum Gasteiger partial charge on any atom is 0.200 e. The molecule has 0 radical (unpaired) electrons. The Morgan fingerprint density at radius 1 is 0.422 bits per heavy atom. The van der Waals surface area contributed by atoms with Gasteiger partial charge in [0.25, 0.3) is 0 Å². The van der Waals surface area contributed by atoms with E-state index < -0.39 is 5.78 Å². The standard InChI is InChI=1S/C40H30N2O3/c43-35-13-7-12-32-36(35)40(45)38-34(42-31-20-16-29(17-21-31)25-27-10-5-2-6-11-27)23-22-33(37(38)39(32)44)41-30-18-14-28(15-19-30)24-26-8-3-1-4-9-26/h1-23,41-43H,24-25H2. The topological polar surface area (TPSA) is 78.4 Å². The summed E-state index contributed by atoms with van der Waals surface area (Å²) in [4.78, 5) is 28.0. The van der Waals surface area contributed by atoms with Gasteiger partial charge in [-0.05, 0) is 77.6 Å². The monoisotopic (exact) mass is 586 g/mol. The molecule has 1 aliphatic carbocycles. The predicted molar refractivity (Wildman–Crippen MR) is 179 cm³/mol. The van der Waals surface area contributed by atoms with E-state index in [-0.39, 0.29) is 33.8 Å². The van der Waals surface area contributed by atoms with Crippen LogP contribution in [0.1, 0.15) is 54.1 Å². The predicted octanol–water partition coefficient (Wildman–Crippen LogP) is 8.84. The van der Waals surface area contributed by atoms with E-state index in [2.05, 4.69) is 47.0 Å². The van der Waals surface area contributed by atoms with Gasteiger partial charge in [0.1, 0.15) is 5.75 Å². The molecule has 6 aromatic carbocycles. The molecule has 0 saturated heterocycles. The number of carbonyl (C=O) groups is 2. The molecule has 0 aliphatic heterocycles. The number of phenolic OH excluding ortho intramolecular Hbond substituents is 1. The SMILES string of the molecule is O=C1c2cccc(O)c2C(=O)c2c(Nc3ccc(Cc4ccccc4)cc3)ccc(Nc3ccc(Cc4ccccc4)cc3)c21. The lowest BCUT2D eigenvalue weighted by Crippen LogP contribution is -2.23. The van der Waals surface area contributed by atoms with Crippen molar-refractivity contribution in [3.05, 3.63) is 184 Å². The molecule has 0 unspecified atom stereocenters. The molecule has 3 N–H and O–H groups in total. The normalized spacial score (nSPS) is 11.9. The Bertz CT molecular complexity index is 2020. The lowest BCUT2D eigenvalue weighted by molar-refractivity contribution is 0.0978. The number of ketones is 2. The summed E-state index contributed by atoms with van der Waals surface area (Å²) in [5.41, 5.74) is 8.11. The van der Waals surface area contributed by atoms with Crippen LogP contribution in [-0.4, -0.2) is 16.7 Å². The van der Waals surface area contributed by atoms with Gasteiger partial charge < -0.3 is 15.7 Å². The first-order valence-electron chi connectivity index (χ1n) is 14.9. The molecular weight excluding hydrogens is 556 g/mol. The zero-order valence-electron chi connectivity index (χ0n) is 24.5. The third-order valence-electron chi connectivity index (χ3n) is 8.14. The van der Waals surface area contributed by atoms with E-state index in [1.165, 1.54) is 22.8 Å². The molecular formula is C40H30N2O3. The third kappa shape index (κ3) is 5.71. The highest BCUT2D eigenvalue weighted by Gasteiger charge is 2.36. The number of hydrogen-bond acceptors (Lipinski definition) is 5. The second kappa shape index (κ2) is 12.0. The summed E-state index contributed by atoms with van der Waals surface area (Å²) < 4.78 is 0. The summed E-state index contributed by atoms with van der Waals surface area (Å²) in [5, 5.41) is 17.4. The lowest BCUT2D eigenvalue weighted by Gasteiger charge is -2.24. The average Bonchev–Trinajstić information content (AvgIpc) is 3.07. The Morgan fingerprint density at radius 2 is 0.867 bits per heavy atom. The van der Waals surface area contributed by atoms with Crippen LogP contribution >= 0.6 is 0 Å². The van der Waals surface area contributed by atoms with Crippen molar-refractivity contribution in [1.29, 1.82) is 0 Å². The van der Waals surface area contributed by atoms with Gasteiger partial charge in [0.15, 0.2) is 11.6 Å². The Kier molecular flexibility index (Phi) is 7.42. The number of fused-ring (bicyclic) bond motifs is 2. The van der Waals surface area contributed by atoms with Crippen molar-refractivity contribution >= 4 is 34.3 Å². The van der Waals surface area contributed by atoms with Crippen LogP contribution in [0, 0.1) is 0 Å². The molecule has 0 atom stereocenters. The molecule has 0 saturated carbocycles. The number of anilines is 4. The summed E-state index contributed by atoms with van der Waals surface area (Å²) in [5.74, 6) is -0.927. The summed E-state index contributed by atoms with van der Waals surface area (Å²) in [6.07, 6.45) is 1.63. The van der Waals surface area contributed by atoms with E-state index in [0.717, 1.165) is 29.8 Å². The number of hydrogen-bond donors (Lipinski definition) is 3. The molecule has 7 rings (SSSR count). The van der Waals surface area contributed by atoms with Gasteiger partial charge in [-0.3, -0.25) is 9.59 Å². The zero-order valence-corrected chi connectivity index (χ0v) is 24.5. The van der Waals surface area contributed by atoms with Crippen molar-refractivity contribution in [3.63, 3.8) is 0 Å². The Balaban J connectivity index is 1.21. The van der Waals surface area contributed by atoms with Crippen LogP contribution in [-0.2, 0) is 12.8 Å². The molecule has 1 aliphatic rings. The van der Waals surface area contributed by atoms with Crippen molar-refractivity contribution in [2.45, 2.75) is 12.8 Å². The highest BCUT2D eigenvalue weighted by atomic mass is 16.3. The second-order valence-corrected chi connectivity index (χ2v) is 11.2. The molecule has 0 fully saturated rings. The fourth-order valence-electron chi connectivity index (χ4n) is 5.90. The van der Waals surface area contributed by atoms with Gasteiger partial charge in [-0.1, -0.05) is 97.1 Å².